The lowest BCUT2D eigenvalue weighted by molar-refractivity contribution is -0.683. The Balaban J connectivity index is 1.44. The van der Waals surface area contributed by atoms with Crippen LogP contribution >= 0.6 is 0 Å². The Hall–Kier alpha value is -3.91. The predicted molar refractivity (Wildman–Crippen MR) is 153 cm³/mol. The standard InChI is InChI=1S/C29H37F3N8O3/c1-18-7-10-40(38(18)4)22-13-19(16-37(2)3)5-6-20(22)25(29(30,31)32)43-24-14-23(35-27(33)36-24)39-11-8-28(9-12-39)15-21(26(41)42)34-17-28/h5-7,10,13-14,21,25,34H,8-9,11-12,15-17H2,1-4H3,(H2-,33,35,36,41,42)/p+1. The highest BCUT2D eigenvalue weighted by atomic mass is 19.4. The van der Waals surface area contributed by atoms with Gasteiger partial charge >= 0.3 is 12.1 Å². The van der Waals surface area contributed by atoms with Crippen LogP contribution in [0.3, 0.4) is 0 Å². The molecule has 2 atom stereocenters. The molecular formula is C29H38F3N8O3+. The Kier molecular flexibility index (Phi) is 8.27. The SMILES string of the molecule is Cc1cc[n+](-c2cc(CN(C)C)ccc2C(Oc2cc(N3CCC4(CC3)CNC(C(=O)O)C4)nc(N)n2)C(F)(F)F)n1C. The number of nitrogens with one attached hydrogen (secondary N) is 1. The number of nitrogens with two attached hydrogens (primary N) is 1. The van der Waals surface area contributed by atoms with Crippen LogP contribution in [0.25, 0.3) is 5.69 Å². The molecule has 0 saturated carbocycles. The van der Waals surface area contributed by atoms with Crippen LogP contribution in [0.4, 0.5) is 24.9 Å². The fourth-order valence-electron chi connectivity index (χ4n) is 6.03. The van der Waals surface area contributed by atoms with E-state index in [4.69, 9.17) is 10.5 Å². The average molecular weight is 604 g/mol. The van der Waals surface area contributed by atoms with Crippen molar-refractivity contribution in [3.05, 3.63) is 53.3 Å². The molecule has 0 bridgehead atoms. The van der Waals surface area contributed by atoms with E-state index in [9.17, 15) is 23.1 Å². The molecule has 3 aromatic rings. The number of aryl methyl sites for hydroxylation is 1. The van der Waals surface area contributed by atoms with E-state index in [0.717, 1.165) is 11.3 Å². The summed E-state index contributed by atoms with van der Waals surface area (Å²) in [5, 5.41) is 12.5. The normalized spacial score (nSPS) is 19.3. The van der Waals surface area contributed by atoms with Gasteiger partial charge in [0, 0.05) is 44.4 Å². The van der Waals surface area contributed by atoms with Crippen molar-refractivity contribution in [3.8, 4) is 11.6 Å². The molecule has 2 fully saturated rings. The number of nitrogens with zero attached hydrogens (tertiary/aromatic N) is 6. The summed E-state index contributed by atoms with van der Waals surface area (Å²) in [5.74, 6) is -0.973. The van der Waals surface area contributed by atoms with Gasteiger partial charge in [0.15, 0.2) is 0 Å². The van der Waals surface area contributed by atoms with Crippen LogP contribution in [-0.2, 0) is 18.4 Å². The van der Waals surface area contributed by atoms with E-state index in [1.807, 2.05) is 36.9 Å². The summed E-state index contributed by atoms with van der Waals surface area (Å²) >= 11 is 0. The van der Waals surface area contributed by atoms with E-state index >= 15 is 0 Å². The maximum Gasteiger partial charge on any atom is 0.430 e. The second-order valence-electron chi connectivity index (χ2n) is 11.9. The molecule has 43 heavy (non-hydrogen) atoms. The Bertz CT molecular complexity index is 1480. The van der Waals surface area contributed by atoms with Gasteiger partial charge in [0.25, 0.3) is 0 Å². The highest BCUT2D eigenvalue weighted by Gasteiger charge is 2.47. The minimum Gasteiger partial charge on any atom is -0.480 e. The molecule has 2 aliphatic rings. The number of carbonyl (C=O) groups is 1. The van der Waals surface area contributed by atoms with E-state index in [2.05, 4.69) is 15.3 Å². The van der Waals surface area contributed by atoms with E-state index in [1.165, 1.54) is 12.1 Å². The van der Waals surface area contributed by atoms with Gasteiger partial charge in [0.05, 0.1) is 18.3 Å². The van der Waals surface area contributed by atoms with Crippen LogP contribution in [0.15, 0.2) is 36.5 Å². The van der Waals surface area contributed by atoms with Crippen molar-refractivity contribution in [1.29, 1.82) is 0 Å². The molecule has 0 amide bonds. The fraction of sp³-hybridized carbons (Fsp3) is 0.517. The number of hydrogen-bond donors (Lipinski definition) is 3. The van der Waals surface area contributed by atoms with E-state index in [0.29, 0.717) is 56.9 Å². The van der Waals surface area contributed by atoms with Crippen molar-refractivity contribution in [2.75, 3.05) is 44.4 Å². The number of carboxylic acid groups (broad SMARTS) is 1. The van der Waals surface area contributed by atoms with Crippen molar-refractivity contribution in [2.45, 2.75) is 51.1 Å². The van der Waals surface area contributed by atoms with Gasteiger partial charge in [-0.05, 0) is 57.3 Å². The monoisotopic (exact) mass is 603 g/mol. The topological polar surface area (TPSA) is 126 Å². The molecule has 0 aliphatic carbocycles. The third-order valence-corrected chi connectivity index (χ3v) is 8.46. The minimum atomic E-state index is -4.77. The Morgan fingerprint density at radius 3 is 2.56 bits per heavy atom. The van der Waals surface area contributed by atoms with Gasteiger partial charge in [0.1, 0.15) is 11.9 Å². The van der Waals surface area contributed by atoms with Gasteiger partial charge in [-0.2, -0.15) is 27.8 Å². The summed E-state index contributed by atoms with van der Waals surface area (Å²) in [7, 11) is 5.57. The summed E-state index contributed by atoms with van der Waals surface area (Å²) in [6, 6.07) is 7.52. The molecule has 2 unspecified atom stereocenters. The number of benzene rings is 1. The number of rotatable bonds is 8. The van der Waals surface area contributed by atoms with Crippen LogP contribution in [0.1, 0.15) is 42.2 Å². The number of aromatic nitrogens is 4. The van der Waals surface area contributed by atoms with Crippen LogP contribution < -0.4 is 25.4 Å². The number of piperidine rings is 1. The highest BCUT2D eigenvalue weighted by molar-refractivity contribution is 5.74. The van der Waals surface area contributed by atoms with Crippen molar-refractivity contribution >= 4 is 17.7 Å². The smallest absolute Gasteiger partial charge is 0.430 e. The Labute approximate surface area is 248 Å². The molecule has 5 rings (SSSR count). The maximum absolute atomic E-state index is 14.7. The first kappa shape index (κ1) is 30.5. The zero-order valence-corrected chi connectivity index (χ0v) is 24.7. The number of nitrogen functional groups attached to an aromatic ring is 1. The van der Waals surface area contributed by atoms with Gasteiger partial charge in [-0.15, -0.1) is 0 Å². The molecule has 1 spiro atoms. The predicted octanol–water partition coefficient (Wildman–Crippen LogP) is 2.76. The first-order valence-corrected chi connectivity index (χ1v) is 14.2. The Morgan fingerprint density at radius 2 is 1.98 bits per heavy atom. The van der Waals surface area contributed by atoms with E-state index < -0.39 is 24.3 Å². The van der Waals surface area contributed by atoms with Gasteiger partial charge in [-0.25, -0.2) is 0 Å². The fourth-order valence-corrected chi connectivity index (χ4v) is 6.03. The largest absolute Gasteiger partial charge is 0.480 e. The third kappa shape index (κ3) is 6.54. The van der Waals surface area contributed by atoms with Crippen LogP contribution in [-0.4, -0.2) is 76.6 Å². The molecule has 4 heterocycles. The van der Waals surface area contributed by atoms with Crippen molar-refractivity contribution in [1.82, 2.24) is 24.9 Å². The molecule has 4 N–H and O–H groups in total. The summed E-state index contributed by atoms with van der Waals surface area (Å²) < 4.78 is 53.3. The first-order chi connectivity index (χ1) is 20.2. The lowest BCUT2D eigenvalue weighted by atomic mass is 9.76. The van der Waals surface area contributed by atoms with Crippen LogP contribution in [0.5, 0.6) is 5.88 Å². The molecular weight excluding hydrogens is 565 g/mol. The number of hydrogen-bond acceptors (Lipinski definition) is 8. The number of ether oxygens (including phenoxy) is 1. The first-order valence-electron chi connectivity index (χ1n) is 14.2. The van der Waals surface area contributed by atoms with Gasteiger partial charge < -0.3 is 30.7 Å². The number of halogens is 3. The minimum absolute atomic E-state index is 0.0680. The molecule has 0 radical (unpaired) electrons. The van der Waals surface area contributed by atoms with Crippen LogP contribution in [0.2, 0.25) is 0 Å². The summed E-state index contributed by atoms with van der Waals surface area (Å²) in [6.45, 7) is 4.13. The lowest BCUT2D eigenvalue weighted by Gasteiger charge is -2.39. The second kappa shape index (κ2) is 11.6. The molecule has 232 valence electrons. The van der Waals surface area contributed by atoms with Crippen molar-refractivity contribution < 1.29 is 32.5 Å². The molecule has 1 aromatic carbocycles. The maximum atomic E-state index is 14.7. The third-order valence-electron chi connectivity index (χ3n) is 8.46. The summed E-state index contributed by atoms with van der Waals surface area (Å²) in [5.41, 5.74) is 7.82. The van der Waals surface area contributed by atoms with Crippen molar-refractivity contribution in [2.24, 2.45) is 12.5 Å². The summed E-state index contributed by atoms with van der Waals surface area (Å²) in [6.07, 6.45) is -3.41. The molecule has 11 nitrogen and oxygen atoms in total. The number of carboxylic acids is 1. The quantitative estimate of drug-likeness (QED) is 0.334. The van der Waals surface area contributed by atoms with Gasteiger partial charge in [-0.1, -0.05) is 10.7 Å². The lowest BCUT2D eigenvalue weighted by Crippen LogP contribution is -2.42. The Morgan fingerprint density at radius 1 is 1.26 bits per heavy atom. The van der Waals surface area contributed by atoms with Gasteiger partial charge in [-0.3, -0.25) is 4.79 Å². The number of alkyl halides is 3. The molecule has 2 aliphatic heterocycles. The highest BCUT2D eigenvalue weighted by Crippen LogP contribution is 2.42. The molecule has 2 aromatic heterocycles. The van der Waals surface area contributed by atoms with Crippen LogP contribution in [0, 0.1) is 12.3 Å². The summed E-state index contributed by atoms with van der Waals surface area (Å²) in [4.78, 5) is 23.6. The second-order valence-corrected chi connectivity index (χ2v) is 11.9. The van der Waals surface area contributed by atoms with Gasteiger partial charge in [0.2, 0.25) is 29.8 Å². The number of anilines is 2. The average Bonchev–Trinajstić information content (AvgIpc) is 3.49. The molecule has 14 heteroatoms. The van der Waals surface area contributed by atoms with E-state index in [-0.39, 0.29) is 22.8 Å². The molecule has 2 saturated heterocycles. The van der Waals surface area contributed by atoms with E-state index in [1.54, 1.807) is 34.7 Å². The number of aliphatic carboxylic acids is 1. The zero-order chi connectivity index (χ0) is 31.1. The van der Waals surface area contributed by atoms with Crippen molar-refractivity contribution in [3.63, 3.8) is 0 Å². The zero-order valence-electron chi connectivity index (χ0n) is 24.7.